The molecule has 1 aliphatic carbocycles. The molecule has 0 amide bonds. The quantitative estimate of drug-likeness (QED) is 0.928. The van der Waals surface area contributed by atoms with Gasteiger partial charge in [-0.1, -0.05) is 13.3 Å². The molecule has 0 bridgehead atoms. The van der Waals surface area contributed by atoms with E-state index < -0.39 is 10.8 Å². The number of fused-ring (bicyclic) bond motifs is 1. The van der Waals surface area contributed by atoms with E-state index in [0.717, 1.165) is 42.2 Å². The summed E-state index contributed by atoms with van der Waals surface area (Å²) in [5, 5.41) is 3.73. The van der Waals surface area contributed by atoms with E-state index in [0.29, 0.717) is 19.3 Å². The zero-order valence-electron chi connectivity index (χ0n) is 12.5. The molecule has 1 aliphatic heterocycles. The summed E-state index contributed by atoms with van der Waals surface area (Å²) in [6, 6.07) is 6.20. The van der Waals surface area contributed by atoms with Gasteiger partial charge in [-0.3, -0.25) is 4.21 Å². The molecule has 21 heavy (non-hydrogen) atoms. The summed E-state index contributed by atoms with van der Waals surface area (Å²) in [6.07, 6.45) is 4.39. The first kappa shape index (κ1) is 14.9. The molecule has 0 saturated heterocycles. The molecule has 4 nitrogen and oxygen atoms in total. The predicted molar refractivity (Wildman–Crippen MR) is 83.6 cm³/mol. The van der Waals surface area contributed by atoms with Crippen LogP contribution in [0.1, 0.15) is 32.6 Å². The molecule has 0 radical (unpaired) electrons. The smallest absolute Gasteiger partial charge is 0.162 e. The Morgan fingerprint density at radius 1 is 1.24 bits per heavy atom. The van der Waals surface area contributed by atoms with Crippen molar-refractivity contribution in [1.82, 2.24) is 5.32 Å². The van der Waals surface area contributed by atoms with Crippen molar-refractivity contribution in [3.8, 4) is 11.5 Å². The summed E-state index contributed by atoms with van der Waals surface area (Å²) in [5.74, 6) is 1.49. The summed E-state index contributed by atoms with van der Waals surface area (Å²) in [5.41, 5.74) is 0. The average molecular weight is 309 g/mol. The second-order valence-electron chi connectivity index (χ2n) is 5.65. The normalized spacial score (nSPS) is 26.3. The van der Waals surface area contributed by atoms with E-state index in [1.54, 1.807) is 0 Å². The van der Waals surface area contributed by atoms with E-state index >= 15 is 0 Å². The second-order valence-corrected chi connectivity index (χ2v) is 7.38. The zero-order valence-corrected chi connectivity index (χ0v) is 13.3. The summed E-state index contributed by atoms with van der Waals surface area (Å²) in [7, 11) is -0.968. The highest BCUT2D eigenvalue weighted by atomic mass is 32.2. The van der Waals surface area contributed by atoms with Crippen LogP contribution >= 0.6 is 0 Å². The fourth-order valence-electron chi connectivity index (χ4n) is 3.15. The van der Waals surface area contributed by atoms with Gasteiger partial charge in [0.25, 0.3) is 0 Å². The third-order valence-electron chi connectivity index (χ3n) is 4.17. The molecule has 1 saturated carbocycles. The van der Waals surface area contributed by atoms with Crippen LogP contribution in [0.5, 0.6) is 11.5 Å². The molecule has 1 aromatic carbocycles. The molecule has 116 valence electrons. The van der Waals surface area contributed by atoms with Gasteiger partial charge in [0.05, 0.1) is 10.8 Å². The van der Waals surface area contributed by atoms with Crippen LogP contribution in [-0.2, 0) is 10.8 Å². The molecule has 2 aliphatic rings. The first-order valence-corrected chi connectivity index (χ1v) is 9.03. The molecule has 3 atom stereocenters. The number of rotatable bonds is 4. The summed E-state index contributed by atoms with van der Waals surface area (Å²) >= 11 is 0. The summed E-state index contributed by atoms with van der Waals surface area (Å²) < 4.78 is 23.9. The topological polar surface area (TPSA) is 47.6 Å². The number of hydrogen-bond donors (Lipinski definition) is 1. The lowest BCUT2D eigenvalue weighted by atomic mass is 9.95. The van der Waals surface area contributed by atoms with E-state index in [1.807, 2.05) is 18.2 Å². The van der Waals surface area contributed by atoms with Gasteiger partial charge in [0.15, 0.2) is 11.5 Å². The molecule has 1 aromatic rings. The Hall–Kier alpha value is -1.07. The van der Waals surface area contributed by atoms with E-state index in [2.05, 4.69) is 12.2 Å². The second kappa shape index (κ2) is 6.79. The highest BCUT2D eigenvalue weighted by Gasteiger charge is 2.27. The van der Waals surface area contributed by atoms with Crippen molar-refractivity contribution in [2.24, 2.45) is 0 Å². The van der Waals surface area contributed by atoms with Crippen LogP contribution < -0.4 is 14.8 Å². The lowest BCUT2D eigenvalue weighted by molar-refractivity contribution is 0.171. The molecular formula is C16H23NO3S. The van der Waals surface area contributed by atoms with Crippen molar-refractivity contribution in [3.63, 3.8) is 0 Å². The van der Waals surface area contributed by atoms with E-state index in [4.69, 9.17) is 9.47 Å². The van der Waals surface area contributed by atoms with Crippen molar-refractivity contribution in [3.05, 3.63) is 18.2 Å². The van der Waals surface area contributed by atoms with Crippen LogP contribution in [0.15, 0.2) is 23.1 Å². The Balaban J connectivity index is 1.72. The average Bonchev–Trinajstić information content (AvgIpc) is 2.54. The van der Waals surface area contributed by atoms with Gasteiger partial charge < -0.3 is 14.8 Å². The lowest BCUT2D eigenvalue weighted by Gasteiger charge is -2.29. The number of hydrogen-bond acceptors (Lipinski definition) is 4. The fraction of sp³-hybridized carbons (Fsp3) is 0.625. The largest absolute Gasteiger partial charge is 0.486 e. The van der Waals surface area contributed by atoms with Crippen LogP contribution in [0.25, 0.3) is 0 Å². The Morgan fingerprint density at radius 3 is 2.86 bits per heavy atom. The standard InChI is InChI=1S/C16H23NO3S/c1-2-17-12-4-3-5-13(10-12)21(18)14-6-7-15-16(11-14)20-9-8-19-15/h6-7,11-13,17H,2-5,8-10H2,1H3. The molecule has 0 aromatic heterocycles. The minimum absolute atomic E-state index is 0.241. The van der Waals surface area contributed by atoms with E-state index in [1.165, 1.54) is 6.42 Å². The van der Waals surface area contributed by atoms with Crippen LogP contribution in [0.2, 0.25) is 0 Å². The van der Waals surface area contributed by atoms with Crippen molar-refractivity contribution < 1.29 is 13.7 Å². The van der Waals surface area contributed by atoms with Crippen LogP contribution in [-0.4, -0.2) is 35.3 Å². The molecule has 1 N–H and O–H groups in total. The highest BCUT2D eigenvalue weighted by molar-refractivity contribution is 7.85. The Kier molecular flexibility index (Phi) is 4.80. The number of benzene rings is 1. The maximum absolute atomic E-state index is 12.8. The molecule has 3 unspecified atom stereocenters. The molecule has 1 fully saturated rings. The lowest BCUT2D eigenvalue weighted by Crippen LogP contribution is -2.37. The molecule has 5 heteroatoms. The molecule has 1 heterocycles. The van der Waals surface area contributed by atoms with Crippen molar-refractivity contribution in [2.75, 3.05) is 19.8 Å². The predicted octanol–water partition coefficient (Wildman–Crippen LogP) is 2.49. The number of ether oxygens (including phenoxy) is 2. The van der Waals surface area contributed by atoms with Gasteiger partial charge >= 0.3 is 0 Å². The van der Waals surface area contributed by atoms with Crippen LogP contribution in [0.4, 0.5) is 0 Å². The van der Waals surface area contributed by atoms with Gasteiger partial charge in [-0.2, -0.15) is 0 Å². The third kappa shape index (κ3) is 3.40. The van der Waals surface area contributed by atoms with Crippen molar-refractivity contribution in [2.45, 2.75) is 48.8 Å². The van der Waals surface area contributed by atoms with Crippen molar-refractivity contribution >= 4 is 10.8 Å². The monoisotopic (exact) mass is 309 g/mol. The van der Waals surface area contributed by atoms with Gasteiger partial charge in [-0.05, 0) is 37.9 Å². The van der Waals surface area contributed by atoms with E-state index in [9.17, 15) is 4.21 Å². The van der Waals surface area contributed by atoms with Crippen molar-refractivity contribution in [1.29, 1.82) is 0 Å². The Morgan fingerprint density at radius 2 is 2.05 bits per heavy atom. The molecule has 3 rings (SSSR count). The first-order chi connectivity index (χ1) is 10.3. The minimum Gasteiger partial charge on any atom is -0.486 e. The maximum atomic E-state index is 12.8. The number of nitrogens with one attached hydrogen (secondary N) is 1. The summed E-state index contributed by atoms with van der Waals surface area (Å²) in [6.45, 7) is 4.26. The molecule has 0 spiro atoms. The SMILES string of the molecule is CCNC1CCCC(S(=O)c2ccc3c(c2)OCCO3)C1. The fourth-order valence-corrected chi connectivity index (χ4v) is 4.75. The molecular weight excluding hydrogens is 286 g/mol. The van der Waals surface area contributed by atoms with E-state index in [-0.39, 0.29) is 5.25 Å². The van der Waals surface area contributed by atoms with Crippen LogP contribution in [0, 0.1) is 0 Å². The highest BCUT2D eigenvalue weighted by Crippen LogP contribution is 2.34. The summed E-state index contributed by atoms with van der Waals surface area (Å²) in [4.78, 5) is 0.862. The Labute approximate surface area is 128 Å². The minimum atomic E-state index is -0.968. The van der Waals surface area contributed by atoms with Crippen LogP contribution in [0.3, 0.4) is 0 Å². The Bertz CT molecular complexity index is 518. The third-order valence-corrected chi connectivity index (χ3v) is 5.92. The van der Waals surface area contributed by atoms with Gasteiger partial charge in [-0.25, -0.2) is 0 Å². The van der Waals surface area contributed by atoms with Gasteiger partial charge in [0, 0.05) is 22.3 Å². The first-order valence-electron chi connectivity index (χ1n) is 7.81. The van der Waals surface area contributed by atoms with Gasteiger partial charge in [0.2, 0.25) is 0 Å². The maximum Gasteiger partial charge on any atom is 0.162 e. The zero-order chi connectivity index (χ0) is 14.7. The van der Waals surface area contributed by atoms with Gasteiger partial charge in [0.1, 0.15) is 13.2 Å². The van der Waals surface area contributed by atoms with Gasteiger partial charge in [-0.15, -0.1) is 0 Å².